The predicted molar refractivity (Wildman–Crippen MR) is 118 cm³/mol. The second-order valence-corrected chi connectivity index (χ2v) is 8.07. The summed E-state index contributed by atoms with van der Waals surface area (Å²) in [5, 5.41) is 22.7. The lowest BCUT2D eigenvalue weighted by Gasteiger charge is -2.30. The number of hydrogen-bond acceptors (Lipinski definition) is 5. The summed E-state index contributed by atoms with van der Waals surface area (Å²) in [6.45, 7) is 3.11. The van der Waals surface area contributed by atoms with Crippen LogP contribution < -0.4 is 4.90 Å². The van der Waals surface area contributed by atoms with Gasteiger partial charge in [0.05, 0.1) is 29.8 Å². The normalized spacial score (nSPS) is 18.2. The van der Waals surface area contributed by atoms with Gasteiger partial charge in [0.25, 0.3) is 0 Å². The SMILES string of the molecule is O=C(O)c1ccc2c(c1)nc1n2C(O)Cc2cccc3c(N4CCOCC4)ccc-1c23. The lowest BCUT2D eigenvalue weighted by atomic mass is 9.96. The molecule has 1 aromatic heterocycles. The molecule has 2 aliphatic rings. The maximum atomic E-state index is 11.4. The molecule has 1 fully saturated rings. The number of imidazole rings is 1. The van der Waals surface area contributed by atoms with Crippen LogP contribution in [0.25, 0.3) is 33.2 Å². The average molecular weight is 415 g/mol. The Balaban J connectivity index is 1.63. The topological polar surface area (TPSA) is 87.8 Å². The molecular formula is C24H21N3O4. The smallest absolute Gasteiger partial charge is 0.335 e. The number of carboxylic acid groups (broad SMARTS) is 1. The fourth-order valence-corrected chi connectivity index (χ4v) is 4.91. The lowest BCUT2D eigenvalue weighted by molar-refractivity contribution is 0.0697. The van der Waals surface area contributed by atoms with E-state index < -0.39 is 12.2 Å². The van der Waals surface area contributed by atoms with Gasteiger partial charge in [-0.05, 0) is 41.3 Å². The van der Waals surface area contributed by atoms with Gasteiger partial charge in [-0.3, -0.25) is 4.57 Å². The van der Waals surface area contributed by atoms with Gasteiger partial charge in [0.1, 0.15) is 12.1 Å². The minimum absolute atomic E-state index is 0.184. The summed E-state index contributed by atoms with van der Waals surface area (Å²) in [7, 11) is 0. The molecule has 0 bridgehead atoms. The second-order valence-electron chi connectivity index (χ2n) is 8.07. The summed E-state index contributed by atoms with van der Waals surface area (Å²) < 4.78 is 7.35. The molecule has 0 saturated carbocycles. The Morgan fingerprint density at radius 2 is 1.94 bits per heavy atom. The molecule has 31 heavy (non-hydrogen) atoms. The summed E-state index contributed by atoms with van der Waals surface area (Å²) in [5.41, 5.74) is 4.67. The predicted octanol–water partition coefficient (Wildman–Crippen LogP) is 3.44. The first-order valence-corrected chi connectivity index (χ1v) is 10.4. The molecule has 1 atom stereocenters. The molecular weight excluding hydrogens is 394 g/mol. The first kappa shape index (κ1) is 18.4. The summed E-state index contributed by atoms with van der Waals surface area (Å²) in [5.74, 6) is -0.332. The van der Waals surface area contributed by atoms with E-state index in [1.165, 1.54) is 0 Å². The number of ether oxygens (including phenoxy) is 1. The zero-order valence-electron chi connectivity index (χ0n) is 16.8. The lowest BCUT2D eigenvalue weighted by Crippen LogP contribution is -2.36. The number of benzene rings is 3. The maximum absolute atomic E-state index is 11.4. The largest absolute Gasteiger partial charge is 0.478 e. The van der Waals surface area contributed by atoms with Gasteiger partial charge in [-0.25, -0.2) is 9.78 Å². The fourth-order valence-electron chi connectivity index (χ4n) is 4.91. The molecule has 1 saturated heterocycles. The van der Waals surface area contributed by atoms with Crippen molar-refractivity contribution in [1.29, 1.82) is 0 Å². The first-order chi connectivity index (χ1) is 15.1. The van der Waals surface area contributed by atoms with E-state index in [2.05, 4.69) is 29.2 Å². The Kier molecular flexibility index (Phi) is 4.03. The van der Waals surface area contributed by atoms with Crippen molar-refractivity contribution in [2.24, 2.45) is 0 Å². The zero-order chi connectivity index (χ0) is 21.1. The van der Waals surface area contributed by atoms with Gasteiger partial charge in [0, 0.05) is 36.1 Å². The molecule has 7 nitrogen and oxygen atoms in total. The van der Waals surface area contributed by atoms with Crippen molar-refractivity contribution in [1.82, 2.24) is 9.55 Å². The number of aliphatic hydroxyl groups excluding tert-OH is 1. The van der Waals surface area contributed by atoms with E-state index in [4.69, 9.17) is 9.72 Å². The van der Waals surface area contributed by atoms with E-state index in [0.717, 1.165) is 46.2 Å². The highest BCUT2D eigenvalue weighted by Crippen LogP contribution is 2.42. The highest BCUT2D eigenvalue weighted by Gasteiger charge is 2.27. The van der Waals surface area contributed by atoms with Gasteiger partial charge >= 0.3 is 5.97 Å². The molecule has 2 N–H and O–H groups in total. The summed E-state index contributed by atoms with van der Waals surface area (Å²) in [4.78, 5) is 18.5. The number of rotatable bonds is 2. The molecule has 0 aliphatic carbocycles. The molecule has 2 aliphatic heterocycles. The maximum Gasteiger partial charge on any atom is 0.335 e. The Hall–Kier alpha value is -3.42. The minimum Gasteiger partial charge on any atom is -0.478 e. The molecule has 0 radical (unpaired) electrons. The van der Waals surface area contributed by atoms with Crippen LogP contribution in [0.1, 0.15) is 22.1 Å². The van der Waals surface area contributed by atoms with Gasteiger partial charge < -0.3 is 19.8 Å². The van der Waals surface area contributed by atoms with Crippen LogP contribution in [0.2, 0.25) is 0 Å². The number of fused-ring (bicyclic) bond motifs is 4. The fraction of sp³-hybridized carbons (Fsp3) is 0.250. The number of hydrogen-bond donors (Lipinski definition) is 2. The molecule has 3 heterocycles. The quantitative estimate of drug-likeness (QED) is 0.522. The number of nitrogens with zero attached hydrogens (tertiary/aromatic N) is 3. The van der Waals surface area contributed by atoms with Gasteiger partial charge in [0.15, 0.2) is 0 Å². The number of carbonyl (C=O) groups is 1. The number of anilines is 1. The van der Waals surface area contributed by atoms with Crippen LogP contribution in [0, 0.1) is 0 Å². The van der Waals surface area contributed by atoms with E-state index in [1.54, 1.807) is 18.2 Å². The molecule has 0 amide bonds. The van der Waals surface area contributed by atoms with Crippen molar-refractivity contribution in [2.75, 3.05) is 31.2 Å². The Morgan fingerprint density at radius 3 is 2.74 bits per heavy atom. The monoisotopic (exact) mass is 415 g/mol. The standard InChI is InChI=1S/C24H21N3O4/c28-21-13-14-2-1-3-16-19(26-8-10-31-11-9-26)7-5-17(22(14)16)23-25-18-12-15(24(29)30)4-6-20(18)27(21)23/h1-7,12,21,28H,8-11,13H2,(H,29,30). The highest BCUT2D eigenvalue weighted by atomic mass is 16.5. The second kappa shape index (κ2) is 6.80. The van der Waals surface area contributed by atoms with Gasteiger partial charge in [-0.2, -0.15) is 0 Å². The van der Waals surface area contributed by atoms with Gasteiger partial charge in [0.2, 0.25) is 0 Å². The Morgan fingerprint density at radius 1 is 1.10 bits per heavy atom. The van der Waals surface area contributed by atoms with Crippen molar-refractivity contribution in [3.63, 3.8) is 0 Å². The molecule has 1 unspecified atom stereocenters. The van der Waals surface area contributed by atoms with Gasteiger partial charge in [-0.15, -0.1) is 0 Å². The average Bonchev–Trinajstić information content (AvgIpc) is 3.12. The number of morpholine rings is 1. The van der Waals surface area contributed by atoms with Gasteiger partial charge in [-0.1, -0.05) is 18.2 Å². The molecule has 7 heteroatoms. The van der Waals surface area contributed by atoms with Crippen molar-refractivity contribution in [3.05, 3.63) is 59.7 Å². The number of aromatic nitrogens is 2. The summed E-state index contributed by atoms with van der Waals surface area (Å²) >= 11 is 0. The van der Waals surface area contributed by atoms with Crippen LogP contribution in [0.3, 0.4) is 0 Å². The molecule has 6 rings (SSSR count). The summed E-state index contributed by atoms with van der Waals surface area (Å²) in [6.07, 6.45) is -0.337. The molecule has 4 aromatic rings. The summed E-state index contributed by atoms with van der Waals surface area (Å²) in [6, 6.07) is 15.3. The Labute approximate surface area is 178 Å². The third kappa shape index (κ3) is 2.74. The van der Waals surface area contributed by atoms with E-state index >= 15 is 0 Å². The molecule has 0 spiro atoms. The zero-order valence-corrected chi connectivity index (χ0v) is 16.8. The number of aliphatic hydroxyl groups is 1. The third-order valence-electron chi connectivity index (χ3n) is 6.33. The van der Waals surface area contributed by atoms with E-state index in [9.17, 15) is 15.0 Å². The van der Waals surface area contributed by atoms with Crippen LogP contribution in [-0.2, 0) is 11.2 Å². The first-order valence-electron chi connectivity index (χ1n) is 10.4. The van der Waals surface area contributed by atoms with E-state index in [-0.39, 0.29) is 5.56 Å². The van der Waals surface area contributed by atoms with Crippen LogP contribution in [0.5, 0.6) is 0 Å². The van der Waals surface area contributed by atoms with Crippen LogP contribution in [0.4, 0.5) is 5.69 Å². The highest BCUT2D eigenvalue weighted by molar-refractivity contribution is 6.06. The van der Waals surface area contributed by atoms with Crippen LogP contribution >= 0.6 is 0 Å². The van der Waals surface area contributed by atoms with Crippen molar-refractivity contribution in [3.8, 4) is 11.4 Å². The number of carboxylic acids is 1. The third-order valence-corrected chi connectivity index (χ3v) is 6.33. The van der Waals surface area contributed by atoms with Crippen molar-refractivity contribution < 1.29 is 19.7 Å². The van der Waals surface area contributed by atoms with Crippen LogP contribution in [-0.4, -0.2) is 52.0 Å². The van der Waals surface area contributed by atoms with Crippen LogP contribution in [0.15, 0.2) is 48.5 Å². The molecule has 156 valence electrons. The van der Waals surface area contributed by atoms with E-state index in [1.807, 2.05) is 10.6 Å². The Bertz CT molecular complexity index is 1350. The van der Waals surface area contributed by atoms with E-state index in [0.29, 0.717) is 31.0 Å². The number of aromatic carboxylic acids is 1. The van der Waals surface area contributed by atoms with Crippen molar-refractivity contribution >= 4 is 33.5 Å². The van der Waals surface area contributed by atoms with Crippen molar-refractivity contribution in [2.45, 2.75) is 12.6 Å². The minimum atomic E-state index is -0.992. The molecule has 3 aromatic carbocycles.